The van der Waals surface area contributed by atoms with Gasteiger partial charge < -0.3 is 4.98 Å². The molecule has 0 aromatic carbocycles. The Hall–Kier alpha value is -1.88. The number of hydrogen-bond acceptors (Lipinski definition) is 3. The lowest BCUT2D eigenvalue weighted by Gasteiger charge is -1.98. The minimum atomic E-state index is -0.180. The second-order valence-electron chi connectivity index (χ2n) is 4.22. The quantitative estimate of drug-likeness (QED) is 0.645. The molecule has 1 amide bonds. The van der Waals surface area contributed by atoms with E-state index in [0.717, 1.165) is 5.69 Å². The Morgan fingerprint density at radius 2 is 2.39 bits per heavy atom. The molecular formula is C13H15N3OS. The fourth-order valence-electron chi connectivity index (χ4n) is 1.42. The van der Waals surface area contributed by atoms with Crippen molar-refractivity contribution in [3.8, 4) is 0 Å². The lowest BCUT2D eigenvalue weighted by atomic mass is 10.1. The summed E-state index contributed by atoms with van der Waals surface area (Å²) in [7, 11) is 0. The van der Waals surface area contributed by atoms with Crippen molar-refractivity contribution < 1.29 is 4.79 Å². The Morgan fingerprint density at radius 3 is 3.00 bits per heavy atom. The van der Waals surface area contributed by atoms with Gasteiger partial charge in [-0.1, -0.05) is 13.8 Å². The number of thiophene rings is 1. The third-order valence-electron chi connectivity index (χ3n) is 2.44. The van der Waals surface area contributed by atoms with E-state index in [4.69, 9.17) is 0 Å². The van der Waals surface area contributed by atoms with E-state index in [-0.39, 0.29) is 5.91 Å². The third-order valence-corrected chi connectivity index (χ3v) is 3.68. The van der Waals surface area contributed by atoms with Gasteiger partial charge in [0.15, 0.2) is 0 Å². The minimum Gasteiger partial charge on any atom is -0.360 e. The summed E-state index contributed by atoms with van der Waals surface area (Å²) in [5.74, 6) is 0.264. The van der Waals surface area contributed by atoms with Crippen molar-refractivity contribution in [3.05, 3.63) is 45.9 Å². The van der Waals surface area contributed by atoms with Gasteiger partial charge in [-0.2, -0.15) is 5.10 Å². The third kappa shape index (κ3) is 3.07. The summed E-state index contributed by atoms with van der Waals surface area (Å²) >= 11 is 1.60. The number of hydrogen-bond donors (Lipinski definition) is 2. The highest BCUT2D eigenvalue weighted by Crippen LogP contribution is 2.22. The predicted molar refractivity (Wildman–Crippen MR) is 74.3 cm³/mol. The summed E-state index contributed by atoms with van der Waals surface area (Å²) < 4.78 is 0. The molecule has 0 radical (unpaired) electrons. The average molecular weight is 261 g/mol. The maximum atomic E-state index is 11.8. The zero-order valence-electron chi connectivity index (χ0n) is 10.3. The fourth-order valence-corrected chi connectivity index (χ4v) is 2.33. The van der Waals surface area contributed by atoms with Gasteiger partial charge in [-0.25, -0.2) is 5.43 Å². The molecule has 0 saturated heterocycles. The Morgan fingerprint density at radius 1 is 1.56 bits per heavy atom. The molecule has 0 atom stereocenters. The van der Waals surface area contributed by atoms with Crippen LogP contribution in [-0.2, 0) is 0 Å². The molecule has 18 heavy (non-hydrogen) atoms. The fraction of sp³-hybridized carbons (Fsp3) is 0.231. The number of amides is 1. The van der Waals surface area contributed by atoms with E-state index in [1.54, 1.807) is 23.7 Å². The number of aromatic amines is 1. The summed E-state index contributed by atoms with van der Waals surface area (Å²) in [4.78, 5) is 16.0. The monoisotopic (exact) mass is 261 g/mol. The first-order chi connectivity index (χ1) is 8.66. The molecule has 0 saturated carbocycles. The van der Waals surface area contributed by atoms with Crippen LogP contribution in [0.2, 0.25) is 0 Å². The summed E-state index contributed by atoms with van der Waals surface area (Å²) in [5.41, 5.74) is 4.02. The Balaban J connectivity index is 1.95. The molecular weight excluding hydrogens is 246 g/mol. The Labute approximate surface area is 110 Å². The highest BCUT2D eigenvalue weighted by molar-refractivity contribution is 7.10. The summed E-state index contributed by atoms with van der Waals surface area (Å²) in [5, 5.41) is 5.75. The highest BCUT2D eigenvalue weighted by Gasteiger charge is 2.09. The molecule has 2 aromatic rings. The number of carbonyl (C=O) groups excluding carboxylic acids is 1. The SMILES string of the molecule is CC(C)c1cc(C(=O)N/N=C\c2ccc[nH]2)cs1. The molecule has 0 bridgehead atoms. The van der Waals surface area contributed by atoms with Crippen LogP contribution >= 0.6 is 11.3 Å². The molecule has 2 rings (SSSR count). The first kappa shape index (κ1) is 12.6. The molecule has 2 N–H and O–H groups in total. The average Bonchev–Trinajstić information content (AvgIpc) is 2.99. The minimum absolute atomic E-state index is 0.180. The molecule has 0 aliphatic heterocycles. The van der Waals surface area contributed by atoms with E-state index in [1.807, 2.05) is 23.6 Å². The van der Waals surface area contributed by atoms with E-state index in [9.17, 15) is 4.79 Å². The molecule has 5 heteroatoms. The molecule has 0 spiro atoms. The second kappa shape index (κ2) is 5.64. The van der Waals surface area contributed by atoms with E-state index in [1.165, 1.54) is 4.88 Å². The van der Waals surface area contributed by atoms with Gasteiger partial charge in [0.1, 0.15) is 0 Å². The molecule has 2 aromatic heterocycles. The van der Waals surface area contributed by atoms with Gasteiger partial charge in [-0.15, -0.1) is 11.3 Å². The zero-order chi connectivity index (χ0) is 13.0. The molecule has 2 heterocycles. The van der Waals surface area contributed by atoms with Gasteiger partial charge >= 0.3 is 0 Å². The van der Waals surface area contributed by atoms with Crippen molar-refractivity contribution in [2.24, 2.45) is 5.10 Å². The van der Waals surface area contributed by atoms with E-state index < -0.39 is 0 Å². The van der Waals surface area contributed by atoms with Gasteiger partial charge in [0, 0.05) is 16.5 Å². The molecule has 0 aliphatic rings. The maximum Gasteiger partial charge on any atom is 0.272 e. The van der Waals surface area contributed by atoms with Crippen molar-refractivity contribution in [1.82, 2.24) is 10.4 Å². The Kier molecular flexibility index (Phi) is 3.94. The standard InChI is InChI=1S/C13H15N3OS/c1-9(2)12-6-10(8-18-12)13(17)16-15-7-11-4-3-5-14-11/h3-9,14H,1-2H3,(H,16,17)/b15-7-. The van der Waals surface area contributed by atoms with Crippen LogP contribution in [0.5, 0.6) is 0 Å². The number of nitrogens with one attached hydrogen (secondary N) is 2. The van der Waals surface area contributed by atoms with Crippen LogP contribution in [-0.4, -0.2) is 17.1 Å². The number of H-pyrrole nitrogens is 1. The normalized spacial score (nSPS) is 11.3. The molecule has 94 valence electrons. The van der Waals surface area contributed by atoms with Crippen LogP contribution in [0.15, 0.2) is 34.9 Å². The van der Waals surface area contributed by atoms with Crippen LogP contribution in [0.4, 0.5) is 0 Å². The summed E-state index contributed by atoms with van der Waals surface area (Å²) in [6.07, 6.45) is 3.38. The van der Waals surface area contributed by atoms with Crippen molar-refractivity contribution in [2.45, 2.75) is 19.8 Å². The van der Waals surface area contributed by atoms with E-state index >= 15 is 0 Å². The van der Waals surface area contributed by atoms with Crippen molar-refractivity contribution in [1.29, 1.82) is 0 Å². The number of carbonyl (C=O) groups is 1. The van der Waals surface area contributed by atoms with Gasteiger partial charge in [0.05, 0.1) is 17.5 Å². The highest BCUT2D eigenvalue weighted by atomic mass is 32.1. The van der Waals surface area contributed by atoms with Gasteiger partial charge in [-0.05, 0) is 24.1 Å². The van der Waals surface area contributed by atoms with E-state index in [0.29, 0.717) is 11.5 Å². The molecule has 4 nitrogen and oxygen atoms in total. The lowest BCUT2D eigenvalue weighted by Crippen LogP contribution is -2.16. The van der Waals surface area contributed by atoms with Crippen LogP contribution in [0.1, 0.15) is 40.7 Å². The molecule has 0 fully saturated rings. The Bertz CT molecular complexity index is 540. The topological polar surface area (TPSA) is 57.2 Å². The van der Waals surface area contributed by atoms with E-state index in [2.05, 4.69) is 29.4 Å². The van der Waals surface area contributed by atoms with Crippen molar-refractivity contribution in [2.75, 3.05) is 0 Å². The van der Waals surface area contributed by atoms with Crippen LogP contribution in [0.25, 0.3) is 0 Å². The van der Waals surface area contributed by atoms with Crippen LogP contribution in [0, 0.1) is 0 Å². The number of aromatic nitrogens is 1. The van der Waals surface area contributed by atoms with Crippen molar-refractivity contribution >= 4 is 23.5 Å². The zero-order valence-corrected chi connectivity index (χ0v) is 11.1. The molecule has 0 aliphatic carbocycles. The summed E-state index contributed by atoms with van der Waals surface area (Å²) in [6, 6.07) is 5.66. The largest absolute Gasteiger partial charge is 0.360 e. The lowest BCUT2D eigenvalue weighted by molar-refractivity contribution is 0.0955. The number of hydrazone groups is 1. The summed E-state index contributed by atoms with van der Waals surface area (Å²) in [6.45, 7) is 4.22. The predicted octanol–water partition coefficient (Wildman–Crippen LogP) is 2.96. The van der Waals surface area contributed by atoms with Crippen LogP contribution < -0.4 is 5.43 Å². The maximum absolute atomic E-state index is 11.8. The molecule has 0 unspecified atom stereocenters. The number of nitrogens with zero attached hydrogens (tertiary/aromatic N) is 1. The van der Waals surface area contributed by atoms with Crippen LogP contribution in [0.3, 0.4) is 0 Å². The first-order valence-electron chi connectivity index (χ1n) is 5.72. The van der Waals surface area contributed by atoms with Gasteiger partial charge in [-0.3, -0.25) is 4.79 Å². The van der Waals surface area contributed by atoms with Gasteiger partial charge in [0.25, 0.3) is 5.91 Å². The van der Waals surface area contributed by atoms with Gasteiger partial charge in [0.2, 0.25) is 0 Å². The second-order valence-corrected chi connectivity index (χ2v) is 5.16. The first-order valence-corrected chi connectivity index (χ1v) is 6.60. The smallest absolute Gasteiger partial charge is 0.272 e. The van der Waals surface area contributed by atoms with Crippen molar-refractivity contribution in [3.63, 3.8) is 0 Å². The number of rotatable bonds is 4.